The van der Waals surface area contributed by atoms with Gasteiger partial charge in [-0.1, -0.05) is 48.5 Å². The highest BCUT2D eigenvalue weighted by Crippen LogP contribution is 2.26. The van der Waals surface area contributed by atoms with Gasteiger partial charge in [-0.05, 0) is 18.6 Å². The minimum absolute atomic E-state index is 0. The molecule has 2 rings (SSSR count). The number of esters is 1. The van der Waals surface area contributed by atoms with Crippen LogP contribution in [-0.4, -0.2) is 12.6 Å². The number of hydrogen-bond acceptors (Lipinski definition) is 4. The van der Waals surface area contributed by atoms with Crippen molar-refractivity contribution in [3.8, 4) is 5.75 Å². The molecule has 0 fully saturated rings. The van der Waals surface area contributed by atoms with Crippen molar-refractivity contribution in [2.75, 3.05) is 6.61 Å². The van der Waals surface area contributed by atoms with Crippen molar-refractivity contribution in [3.05, 3.63) is 65.7 Å². The van der Waals surface area contributed by atoms with Gasteiger partial charge in [-0.2, -0.15) is 0 Å². The van der Waals surface area contributed by atoms with Crippen LogP contribution in [0.3, 0.4) is 0 Å². The van der Waals surface area contributed by atoms with Crippen LogP contribution in [0.2, 0.25) is 0 Å². The Kier molecular flexibility index (Phi) is 8.16. The number of benzene rings is 2. The molecule has 23 heavy (non-hydrogen) atoms. The molecular weight excluding hydrogens is 314 g/mol. The van der Waals surface area contributed by atoms with Crippen molar-refractivity contribution in [3.63, 3.8) is 0 Å². The summed E-state index contributed by atoms with van der Waals surface area (Å²) in [5.41, 5.74) is 8.01. The number of nitrogens with two attached hydrogens (primary N) is 1. The highest BCUT2D eigenvalue weighted by Gasteiger charge is 2.16. The first kappa shape index (κ1) is 19.0. The number of halogens is 1. The fraction of sp³-hybridized carbons (Fsp3) is 0.278. The normalized spacial score (nSPS) is 11.2. The molecule has 0 aromatic heterocycles. The number of rotatable bonds is 7. The molecule has 0 saturated heterocycles. The van der Waals surface area contributed by atoms with Crippen LogP contribution in [0.1, 0.15) is 30.5 Å². The summed E-state index contributed by atoms with van der Waals surface area (Å²) in [7, 11) is 0. The molecule has 0 aliphatic heterocycles. The Bertz CT molecular complexity index is 604. The second-order valence-corrected chi connectivity index (χ2v) is 4.93. The molecular formula is C18H22ClNO3. The van der Waals surface area contributed by atoms with Gasteiger partial charge < -0.3 is 15.2 Å². The first-order valence-electron chi connectivity index (χ1n) is 7.37. The van der Waals surface area contributed by atoms with E-state index >= 15 is 0 Å². The van der Waals surface area contributed by atoms with Gasteiger partial charge in [0, 0.05) is 11.6 Å². The first-order chi connectivity index (χ1) is 10.7. The molecule has 0 unspecified atom stereocenters. The second kappa shape index (κ2) is 9.87. The number of carbonyl (C=O) groups is 1. The Morgan fingerprint density at radius 3 is 2.43 bits per heavy atom. The van der Waals surface area contributed by atoms with Crippen molar-refractivity contribution in [2.24, 2.45) is 5.73 Å². The van der Waals surface area contributed by atoms with Crippen LogP contribution in [0.15, 0.2) is 54.6 Å². The summed E-state index contributed by atoms with van der Waals surface area (Å²) >= 11 is 0. The van der Waals surface area contributed by atoms with Gasteiger partial charge in [0.1, 0.15) is 12.4 Å². The van der Waals surface area contributed by atoms with Gasteiger partial charge in [-0.15, -0.1) is 12.4 Å². The monoisotopic (exact) mass is 335 g/mol. The van der Waals surface area contributed by atoms with Crippen molar-refractivity contribution in [2.45, 2.75) is 26.0 Å². The zero-order valence-electron chi connectivity index (χ0n) is 13.1. The van der Waals surface area contributed by atoms with E-state index < -0.39 is 6.04 Å². The van der Waals surface area contributed by atoms with Gasteiger partial charge in [0.05, 0.1) is 13.0 Å². The van der Waals surface area contributed by atoms with Gasteiger partial charge in [-0.25, -0.2) is 0 Å². The first-order valence-corrected chi connectivity index (χ1v) is 7.37. The van der Waals surface area contributed by atoms with E-state index in [1.807, 2.05) is 54.6 Å². The molecule has 2 aromatic rings. The molecule has 2 aromatic carbocycles. The topological polar surface area (TPSA) is 61.5 Å². The van der Waals surface area contributed by atoms with Crippen LogP contribution in [0.4, 0.5) is 0 Å². The van der Waals surface area contributed by atoms with Crippen molar-refractivity contribution in [1.29, 1.82) is 0 Å². The Morgan fingerprint density at radius 1 is 1.09 bits per heavy atom. The van der Waals surface area contributed by atoms with Crippen molar-refractivity contribution < 1.29 is 14.3 Å². The lowest BCUT2D eigenvalue weighted by Gasteiger charge is -2.16. The predicted octanol–water partition coefficient (Wildman–Crippen LogP) is 3.64. The van der Waals surface area contributed by atoms with Crippen molar-refractivity contribution in [1.82, 2.24) is 0 Å². The third kappa shape index (κ3) is 5.93. The molecule has 0 radical (unpaired) electrons. The molecule has 0 heterocycles. The number of para-hydroxylation sites is 1. The number of hydrogen-bond donors (Lipinski definition) is 1. The molecule has 0 amide bonds. The summed E-state index contributed by atoms with van der Waals surface area (Å²) < 4.78 is 10.8. The maximum atomic E-state index is 11.6. The minimum Gasteiger partial charge on any atom is -0.489 e. The van der Waals surface area contributed by atoms with Crippen molar-refractivity contribution >= 4 is 18.4 Å². The van der Waals surface area contributed by atoms with E-state index in [0.29, 0.717) is 19.0 Å². The zero-order chi connectivity index (χ0) is 15.8. The van der Waals surface area contributed by atoms with Gasteiger partial charge >= 0.3 is 5.97 Å². The third-order valence-corrected chi connectivity index (χ3v) is 3.25. The molecule has 2 N–H and O–H groups in total. The Labute approximate surface area is 143 Å². The smallest absolute Gasteiger partial charge is 0.307 e. The lowest BCUT2D eigenvalue weighted by molar-refractivity contribution is -0.143. The summed E-state index contributed by atoms with van der Waals surface area (Å²) in [6.45, 7) is 2.60. The van der Waals surface area contributed by atoms with Crippen LogP contribution in [0.25, 0.3) is 0 Å². The molecule has 0 aliphatic rings. The van der Waals surface area contributed by atoms with Gasteiger partial charge in [0.2, 0.25) is 0 Å². The molecule has 4 nitrogen and oxygen atoms in total. The molecule has 0 spiro atoms. The van der Waals surface area contributed by atoms with Crippen LogP contribution >= 0.6 is 12.4 Å². The average Bonchev–Trinajstić information content (AvgIpc) is 2.54. The molecule has 5 heteroatoms. The summed E-state index contributed by atoms with van der Waals surface area (Å²) in [6.07, 6.45) is 0.138. The molecule has 0 aliphatic carbocycles. The molecule has 1 atom stereocenters. The minimum atomic E-state index is -0.439. The van der Waals surface area contributed by atoms with Crippen LogP contribution in [0, 0.1) is 0 Å². The van der Waals surface area contributed by atoms with Crippen LogP contribution in [-0.2, 0) is 16.1 Å². The van der Waals surface area contributed by atoms with Crippen LogP contribution < -0.4 is 10.5 Å². The van der Waals surface area contributed by atoms with Gasteiger partial charge in [-0.3, -0.25) is 4.79 Å². The number of ether oxygens (including phenoxy) is 2. The summed E-state index contributed by atoms with van der Waals surface area (Å²) in [5.74, 6) is 0.399. The van der Waals surface area contributed by atoms with Gasteiger partial charge in [0.15, 0.2) is 0 Å². The maximum absolute atomic E-state index is 11.6. The van der Waals surface area contributed by atoms with Crippen LogP contribution in [0.5, 0.6) is 5.75 Å². The summed E-state index contributed by atoms with van der Waals surface area (Å²) in [5, 5.41) is 0. The number of carbonyl (C=O) groups excluding carboxylic acids is 1. The van der Waals surface area contributed by atoms with Gasteiger partial charge in [0.25, 0.3) is 0 Å². The Morgan fingerprint density at radius 2 is 1.74 bits per heavy atom. The predicted molar refractivity (Wildman–Crippen MR) is 92.6 cm³/mol. The molecule has 0 saturated carbocycles. The third-order valence-electron chi connectivity index (χ3n) is 3.25. The summed E-state index contributed by atoms with van der Waals surface area (Å²) in [4.78, 5) is 11.6. The van der Waals surface area contributed by atoms with E-state index in [9.17, 15) is 4.79 Å². The summed E-state index contributed by atoms with van der Waals surface area (Å²) in [6, 6.07) is 17.0. The average molecular weight is 336 g/mol. The fourth-order valence-electron chi connectivity index (χ4n) is 2.16. The maximum Gasteiger partial charge on any atom is 0.307 e. The lowest BCUT2D eigenvalue weighted by atomic mass is 10.0. The quantitative estimate of drug-likeness (QED) is 0.785. The second-order valence-electron chi connectivity index (χ2n) is 4.93. The Balaban J connectivity index is 0.00000264. The van der Waals surface area contributed by atoms with E-state index in [1.165, 1.54) is 0 Å². The SMILES string of the molecule is CCOC(=O)C[C@@H](N)c1ccccc1OCc1ccccc1.Cl. The zero-order valence-corrected chi connectivity index (χ0v) is 13.9. The highest BCUT2D eigenvalue weighted by atomic mass is 35.5. The lowest BCUT2D eigenvalue weighted by Crippen LogP contribution is -2.18. The molecule has 124 valence electrons. The fourth-order valence-corrected chi connectivity index (χ4v) is 2.16. The largest absolute Gasteiger partial charge is 0.489 e. The van der Waals surface area contributed by atoms with E-state index in [0.717, 1.165) is 11.1 Å². The molecule has 0 bridgehead atoms. The Hall–Kier alpha value is -2.04. The van der Waals surface area contributed by atoms with E-state index in [-0.39, 0.29) is 24.8 Å². The van der Waals surface area contributed by atoms with E-state index in [2.05, 4.69) is 0 Å². The highest BCUT2D eigenvalue weighted by molar-refractivity contribution is 5.85. The van der Waals surface area contributed by atoms with E-state index in [1.54, 1.807) is 6.92 Å². The van der Waals surface area contributed by atoms with E-state index in [4.69, 9.17) is 15.2 Å². The standard InChI is InChI=1S/C18H21NO3.ClH/c1-2-21-18(20)12-16(19)15-10-6-7-11-17(15)22-13-14-8-4-3-5-9-14;/h3-11,16H,2,12-13,19H2,1H3;1H/t16-;/m1./s1.